The zero-order valence-electron chi connectivity index (χ0n) is 12.9. The third-order valence-electron chi connectivity index (χ3n) is 3.29. The fourth-order valence-corrected chi connectivity index (χ4v) is 2.91. The van der Waals surface area contributed by atoms with Gasteiger partial charge in [0.25, 0.3) is 5.52 Å². The number of para-hydroxylation sites is 2. The van der Waals surface area contributed by atoms with E-state index in [1.807, 2.05) is 0 Å². The van der Waals surface area contributed by atoms with Gasteiger partial charge in [-0.1, -0.05) is 12.1 Å². The summed E-state index contributed by atoms with van der Waals surface area (Å²) in [4.78, 5) is 35.4. The summed E-state index contributed by atoms with van der Waals surface area (Å²) in [5, 5.41) is 14.8. The van der Waals surface area contributed by atoms with Crippen LogP contribution in [0.2, 0.25) is 0 Å². The van der Waals surface area contributed by atoms with Gasteiger partial charge in [-0.3, -0.25) is 9.59 Å². The maximum absolute atomic E-state index is 12.4. The van der Waals surface area contributed by atoms with Gasteiger partial charge in [0.1, 0.15) is 5.52 Å². The number of benzene rings is 1. The Kier molecular flexibility index (Phi) is 5.38. The van der Waals surface area contributed by atoms with Gasteiger partial charge in [0, 0.05) is 30.2 Å². The van der Waals surface area contributed by atoms with E-state index in [1.54, 1.807) is 18.2 Å². The molecule has 122 valence electrons. The molecule has 0 atom stereocenters. The molecule has 2 rings (SSSR count). The van der Waals surface area contributed by atoms with Crippen LogP contribution in [-0.4, -0.2) is 34.5 Å². The summed E-state index contributed by atoms with van der Waals surface area (Å²) in [5.74, 6) is 0.0858. The molecule has 1 heterocycles. The van der Waals surface area contributed by atoms with E-state index in [0.717, 1.165) is 0 Å². The van der Waals surface area contributed by atoms with E-state index in [1.165, 1.54) is 31.7 Å². The van der Waals surface area contributed by atoms with Crippen molar-refractivity contribution in [3.8, 4) is 0 Å². The Morgan fingerprint density at radius 2 is 2.04 bits per heavy atom. The van der Waals surface area contributed by atoms with Crippen LogP contribution >= 0.6 is 11.8 Å². The largest absolute Gasteiger partial charge is 0.805 e. The number of rotatable bonds is 6. The molecular weight excluding hydrogens is 318 g/mol. The molecule has 0 bridgehead atoms. The molecule has 1 amide bonds. The first-order chi connectivity index (χ1) is 10.9. The van der Waals surface area contributed by atoms with Gasteiger partial charge in [0.2, 0.25) is 11.7 Å². The molecule has 1 N–H and O–H groups in total. The molecule has 0 aliphatic heterocycles. The zero-order valence-corrected chi connectivity index (χ0v) is 13.7. The highest BCUT2D eigenvalue weighted by Gasteiger charge is 2.26. The highest BCUT2D eigenvalue weighted by molar-refractivity contribution is 8.00. The minimum absolute atomic E-state index is 0.0704. The van der Waals surface area contributed by atoms with Gasteiger partial charge < -0.3 is 15.3 Å². The Hall–Kier alpha value is -2.35. The van der Waals surface area contributed by atoms with E-state index < -0.39 is 5.78 Å². The van der Waals surface area contributed by atoms with Crippen LogP contribution in [0.3, 0.4) is 0 Å². The lowest BCUT2D eigenvalue weighted by Gasteiger charge is -2.15. The van der Waals surface area contributed by atoms with Crippen molar-refractivity contribution in [2.75, 3.05) is 18.1 Å². The summed E-state index contributed by atoms with van der Waals surface area (Å²) in [6, 6.07) is 6.36. The molecule has 2 aromatic rings. The van der Waals surface area contributed by atoms with Crippen LogP contribution in [0.25, 0.3) is 11.0 Å². The van der Waals surface area contributed by atoms with E-state index in [0.29, 0.717) is 21.5 Å². The highest BCUT2D eigenvalue weighted by Crippen LogP contribution is 2.15. The quantitative estimate of drug-likeness (QED) is 0.487. The van der Waals surface area contributed by atoms with E-state index in [4.69, 9.17) is 0 Å². The van der Waals surface area contributed by atoms with Gasteiger partial charge in [-0.15, -0.1) is 0 Å². The lowest BCUT2D eigenvalue weighted by Crippen LogP contribution is -2.31. The smallest absolute Gasteiger partial charge is 0.325 e. The first-order valence-electron chi connectivity index (χ1n) is 7.03. The summed E-state index contributed by atoms with van der Waals surface area (Å²) in [6.45, 7) is 3.33. The van der Waals surface area contributed by atoms with Gasteiger partial charge in [0.15, 0.2) is 0 Å². The number of nitrogens with zero attached hydrogens (tertiary/aromatic N) is 2. The Labute approximate surface area is 136 Å². The molecule has 0 saturated carbocycles. The third-order valence-corrected chi connectivity index (χ3v) is 4.25. The monoisotopic (exact) mass is 335 g/mol. The topological polar surface area (TPSA) is 97.1 Å². The van der Waals surface area contributed by atoms with Crippen molar-refractivity contribution < 1.29 is 14.0 Å². The minimum Gasteiger partial charge on any atom is -0.805 e. The number of ketones is 1. The summed E-state index contributed by atoms with van der Waals surface area (Å²) in [6.07, 6.45) is 0. The fourth-order valence-electron chi connectivity index (χ4n) is 2.20. The molecule has 1 aromatic carbocycles. The number of carbonyl (C=O) groups is 2. The predicted octanol–water partition coefficient (Wildman–Crippen LogP) is 1.26. The molecule has 0 saturated heterocycles. The standard InChI is InChI=1S/C15H17N3O4S/c1-10-15(14(20)9-23-8-7-16-11(2)19)18(22)13-6-4-3-5-12(13)17(10)21/h3-6H,7-9H2,1-2H3,(H,16,19). The summed E-state index contributed by atoms with van der Waals surface area (Å²) in [5.41, 5.74) is 0.353. The average molecular weight is 335 g/mol. The molecule has 0 fully saturated rings. The summed E-state index contributed by atoms with van der Waals surface area (Å²) < 4.78 is 1.13. The SMILES string of the molecule is CC(=O)NCCSCC(=O)c1c(C)n([O-])c2ccccc2[n+]1=O. The van der Waals surface area contributed by atoms with Crippen molar-refractivity contribution in [3.63, 3.8) is 0 Å². The van der Waals surface area contributed by atoms with Crippen LogP contribution in [0.1, 0.15) is 23.1 Å². The summed E-state index contributed by atoms with van der Waals surface area (Å²) >= 11 is 1.30. The lowest BCUT2D eigenvalue weighted by atomic mass is 10.2. The van der Waals surface area contributed by atoms with Crippen LogP contribution in [0.15, 0.2) is 24.3 Å². The molecule has 1 aromatic heterocycles. The number of fused-ring (bicyclic) bond motifs is 1. The number of Topliss-reactive ketones (excluding diaryl/α,β-unsaturated/α-hetero) is 1. The van der Waals surface area contributed by atoms with Gasteiger partial charge in [-0.05, 0) is 13.0 Å². The second-order valence-electron chi connectivity index (χ2n) is 4.97. The molecule has 0 radical (unpaired) electrons. The number of nitrogens with one attached hydrogen (secondary N) is 1. The van der Waals surface area contributed by atoms with Gasteiger partial charge in [0.05, 0.1) is 15.9 Å². The lowest BCUT2D eigenvalue weighted by molar-refractivity contribution is -0.468. The number of hydrogen-bond donors (Lipinski definition) is 1. The number of carbonyl (C=O) groups excluding carboxylic acids is 2. The van der Waals surface area contributed by atoms with Gasteiger partial charge in [-0.2, -0.15) is 11.8 Å². The normalized spacial score (nSPS) is 10.7. The Morgan fingerprint density at radius 3 is 2.74 bits per heavy atom. The van der Waals surface area contributed by atoms with Crippen molar-refractivity contribution in [2.45, 2.75) is 13.8 Å². The molecule has 0 aliphatic rings. The summed E-state index contributed by atoms with van der Waals surface area (Å²) in [7, 11) is 0. The Morgan fingerprint density at radius 1 is 1.35 bits per heavy atom. The first kappa shape index (κ1) is 17.0. The number of aromatic nitrogens is 2. The van der Waals surface area contributed by atoms with Gasteiger partial charge in [-0.25, -0.2) is 0 Å². The minimum atomic E-state index is -0.402. The number of hydrogen-bond acceptors (Lipinski definition) is 5. The van der Waals surface area contributed by atoms with Gasteiger partial charge >= 0.3 is 5.69 Å². The Balaban J connectivity index is 2.21. The maximum atomic E-state index is 12.4. The number of thioether (sulfide) groups is 1. The van der Waals surface area contributed by atoms with Crippen molar-refractivity contribution in [1.82, 2.24) is 10.0 Å². The molecule has 7 nitrogen and oxygen atoms in total. The number of amides is 1. The van der Waals surface area contributed by atoms with Crippen LogP contribution in [0.4, 0.5) is 0 Å². The van der Waals surface area contributed by atoms with E-state index in [2.05, 4.69) is 5.32 Å². The van der Waals surface area contributed by atoms with Crippen LogP contribution in [0.5, 0.6) is 0 Å². The van der Waals surface area contributed by atoms with Crippen molar-refractivity contribution in [3.05, 3.63) is 45.8 Å². The van der Waals surface area contributed by atoms with Crippen LogP contribution in [0, 0.1) is 17.0 Å². The average Bonchev–Trinajstić information content (AvgIpc) is 2.52. The molecule has 0 unspecified atom stereocenters. The Bertz CT molecular complexity index is 816. The predicted molar refractivity (Wildman–Crippen MR) is 89.1 cm³/mol. The molecule has 8 heteroatoms. The van der Waals surface area contributed by atoms with Crippen LogP contribution in [-0.2, 0) is 4.79 Å². The van der Waals surface area contributed by atoms with E-state index >= 15 is 0 Å². The van der Waals surface area contributed by atoms with Crippen molar-refractivity contribution in [2.24, 2.45) is 0 Å². The highest BCUT2D eigenvalue weighted by atomic mass is 32.2. The second kappa shape index (κ2) is 7.28. The third kappa shape index (κ3) is 3.70. The fraction of sp³-hybridized carbons (Fsp3) is 0.333. The van der Waals surface area contributed by atoms with Crippen LogP contribution < -0.4 is 9.74 Å². The zero-order chi connectivity index (χ0) is 17.0. The first-order valence-corrected chi connectivity index (χ1v) is 8.18. The van der Waals surface area contributed by atoms with E-state index in [9.17, 15) is 19.7 Å². The molecule has 0 aliphatic carbocycles. The molecule has 23 heavy (non-hydrogen) atoms. The van der Waals surface area contributed by atoms with Crippen molar-refractivity contribution >= 4 is 34.5 Å². The maximum Gasteiger partial charge on any atom is 0.325 e. The molecule has 0 spiro atoms. The van der Waals surface area contributed by atoms with E-state index in [-0.39, 0.29) is 34.1 Å². The second-order valence-corrected chi connectivity index (χ2v) is 6.08. The molecular formula is C15H17N3O4S. The van der Waals surface area contributed by atoms with Crippen molar-refractivity contribution in [1.29, 1.82) is 0 Å².